The molecule has 0 saturated carbocycles. The second-order valence-corrected chi connectivity index (χ2v) is 3.53. The van der Waals surface area contributed by atoms with E-state index in [0.29, 0.717) is 5.82 Å². The van der Waals surface area contributed by atoms with Crippen LogP contribution in [0.4, 0.5) is 5.82 Å². The van der Waals surface area contributed by atoms with Crippen molar-refractivity contribution in [1.29, 1.82) is 0 Å². The van der Waals surface area contributed by atoms with Crippen molar-refractivity contribution in [2.24, 2.45) is 0 Å². The monoisotopic (exact) mass is 239 g/mol. The van der Waals surface area contributed by atoms with Crippen LogP contribution in [-0.2, 0) is 9.47 Å². The van der Waals surface area contributed by atoms with Crippen LogP contribution >= 0.6 is 0 Å². The Kier molecular flexibility index (Phi) is 4.84. The predicted octanol–water partition coefficient (Wildman–Crippen LogP) is 1.33. The number of anilines is 1. The molecule has 0 spiro atoms. The lowest BCUT2D eigenvalue weighted by molar-refractivity contribution is 0.0599. The van der Waals surface area contributed by atoms with Crippen molar-refractivity contribution >= 4 is 11.8 Å². The van der Waals surface area contributed by atoms with Gasteiger partial charge < -0.3 is 15.2 Å². The third kappa shape index (κ3) is 3.13. The van der Waals surface area contributed by atoms with E-state index in [0.717, 1.165) is 12.8 Å². The summed E-state index contributed by atoms with van der Waals surface area (Å²) in [5, 5.41) is 0. The van der Waals surface area contributed by atoms with E-state index in [2.05, 4.69) is 14.7 Å². The number of esters is 1. The SMILES string of the molecule is CCCC(OC)c1ncc(C(=O)OC)c(N)n1. The zero-order valence-corrected chi connectivity index (χ0v) is 10.3. The molecule has 0 fully saturated rings. The Hall–Kier alpha value is -1.69. The largest absolute Gasteiger partial charge is 0.465 e. The number of nitrogens with two attached hydrogens (primary N) is 1. The fourth-order valence-electron chi connectivity index (χ4n) is 1.45. The molecule has 1 atom stereocenters. The second kappa shape index (κ2) is 6.15. The smallest absolute Gasteiger partial charge is 0.343 e. The normalized spacial score (nSPS) is 12.2. The number of carbonyl (C=O) groups is 1. The van der Waals surface area contributed by atoms with Gasteiger partial charge in [0, 0.05) is 13.3 Å². The third-order valence-corrected chi connectivity index (χ3v) is 2.37. The second-order valence-electron chi connectivity index (χ2n) is 3.53. The Morgan fingerprint density at radius 1 is 1.53 bits per heavy atom. The first-order valence-electron chi connectivity index (χ1n) is 5.37. The molecule has 1 aromatic rings. The molecule has 1 unspecified atom stereocenters. The summed E-state index contributed by atoms with van der Waals surface area (Å²) in [5.41, 5.74) is 5.85. The lowest BCUT2D eigenvalue weighted by Crippen LogP contribution is -2.13. The van der Waals surface area contributed by atoms with E-state index in [1.807, 2.05) is 6.92 Å². The summed E-state index contributed by atoms with van der Waals surface area (Å²) in [6.45, 7) is 2.04. The van der Waals surface area contributed by atoms with Gasteiger partial charge in [0.05, 0.1) is 7.11 Å². The Balaban J connectivity index is 2.98. The average Bonchev–Trinajstić information content (AvgIpc) is 2.35. The van der Waals surface area contributed by atoms with Crippen LogP contribution in [0.3, 0.4) is 0 Å². The molecule has 1 rings (SSSR count). The van der Waals surface area contributed by atoms with Crippen LogP contribution in [0.1, 0.15) is 42.1 Å². The highest BCUT2D eigenvalue weighted by Crippen LogP contribution is 2.20. The van der Waals surface area contributed by atoms with Crippen LogP contribution < -0.4 is 5.73 Å². The van der Waals surface area contributed by atoms with Gasteiger partial charge in [0.15, 0.2) is 5.82 Å². The van der Waals surface area contributed by atoms with Gasteiger partial charge in [-0.1, -0.05) is 13.3 Å². The summed E-state index contributed by atoms with van der Waals surface area (Å²) >= 11 is 0. The molecule has 0 amide bonds. The molecular formula is C11H17N3O3. The van der Waals surface area contributed by atoms with E-state index in [9.17, 15) is 4.79 Å². The Morgan fingerprint density at radius 3 is 2.71 bits per heavy atom. The zero-order chi connectivity index (χ0) is 12.8. The number of aromatic nitrogens is 2. The molecule has 1 aromatic heterocycles. The molecule has 94 valence electrons. The Labute approximate surface area is 100 Å². The number of rotatable bonds is 5. The van der Waals surface area contributed by atoms with Crippen molar-refractivity contribution in [3.63, 3.8) is 0 Å². The highest BCUT2D eigenvalue weighted by atomic mass is 16.5. The first-order valence-corrected chi connectivity index (χ1v) is 5.37. The summed E-state index contributed by atoms with van der Waals surface area (Å²) in [6, 6.07) is 0. The van der Waals surface area contributed by atoms with Crippen LogP contribution in [0.5, 0.6) is 0 Å². The minimum absolute atomic E-state index is 0.111. The van der Waals surface area contributed by atoms with Crippen LogP contribution in [0, 0.1) is 0 Å². The summed E-state index contributed by atoms with van der Waals surface area (Å²) in [7, 11) is 2.87. The fourth-order valence-corrected chi connectivity index (χ4v) is 1.45. The first-order chi connectivity index (χ1) is 8.13. The lowest BCUT2D eigenvalue weighted by Gasteiger charge is -2.13. The maximum Gasteiger partial charge on any atom is 0.343 e. The first kappa shape index (κ1) is 13.4. The number of carbonyl (C=O) groups excluding carboxylic acids is 1. The molecule has 0 radical (unpaired) electrons. The molecule has 2 N–H and O–H groups in total. The summed E-state index contributed by atoms with van der Waals surface area (Å²) in [6.07, 6.45) is 2.91. The number of methoxy groups -OCH3 is 2. The van der Waals surface area contributed by atoms with Gasteiger partial charge in [-0.15, -0.1) is 0 Å². The van der Waals surface area contributed by atoms with E-state index in [4.69, 9.17) is 10.5 Å². The molecule has 0 bridgehead atoms. The zero-order valence-electron chi connectivity index (χ0n) is 10.3. The topological polar surface area (TPSA) is 87.3 Å². The predicted molar refractivity (Wildman–Crippen MR) is 62.4 cm³/mol. The van der Waals surface area contributed by atoms with Crippen LogP contribution in [0.2, 0.25) is 0 Å². The third-order valence-electron chi connectivity index (χ3n) is 2.37. The average molecular weight is 239 g/mol. The number of nitrogens with zero attached hydrogens (tertiary/aromatic N) is 2. The highest BCUT2D eigenvalue weighted by Gasteiger charge is 2.17. The molecule has 6 nitrogen and oxygen atoms in total. The number of hydrogen-bond donors (Lipinski definition) is 1. The molecule has 0 aliphatic heterocycles. The van der Waals surface area contributed by atoms with E-state index >= 15 is 0 Å². The van der Waals surface area contributed by atoms with Gasteiger partial charge in [-0.25, -0.2) is 14.8 Å². The highest BCUT2D eigenvalue weighted by molar-refractivity contribution is 5.93. The minimum Gasteiger partial charge on any atom is -0.465 e. The molecule has 17 heavy (non-hydrogen) atoms. The van der Waals surface area contributed by atoms with Gasteiger partial charge in [0.25, 0.3) is 0 Å². The molecule has 6 heteroatoms. The van der Waals surface area contributed by atoms with E-state index in [1.165, 1.54) is 13.3 Å². The quantitative estimate of drug-likeness (QED) is 0.780. The van der Waals surface area contributed by atoms with Crippen molar-refractivity contribution < 1.29 is 14.3 Å². The van der Waals surface area contributed by atoms with E-state index in [-0.39, 0.29) is 17.5 Å². The van der Waals surface area contributed by atoms with Gasteiger partial charge in [-0.3, -0.25) is 0 Å². The maximum absolute atomic E-state index is 11.3. The minimum atomic E-state index is -0.543. The lowest BCUT2D eigenvalue weighted by atomic mass is 10.2. The van der Waals surface area contributed by atoms with Crippen LogP contribution in [0.15, 0.2) is 6.20 Å². The van der Waals surface area contributed by atoms with Crippen molar-refractivity contribution in [2.75, 3.05) is 20.0 Å². The van der Waals surface area contributed by atoms with Gasteiger partial charge in [-0.2, -0.15) is 0 Å². The van der Waals surface area contributed by atoms with E-state index in [1.54, 1.807) is 7.11 Å². The number of nitrogen functional groups attached to an aromatic ring is 1. The molecule has 0 aliphatic rings. The number of ether oxygens (including phenoxy) is 2. The molecule has 0 saturated heterocycles. The van der Waals surface area contributed by atoms with Crippen LogP contribution in [-0.4, -0.2) is 30.2 Å². The maximum atomic E-state index is 11.3. The summed E-state index contributed by atoms with van der Waals surface area (Å²) in [5.74, 6) is 0.0537. The molecule has 1 heterocycles. The van der Waals surface area contributed by atoms with Crippen molar-refractivity contribution in [3.8, 4) is 0 Å². The Bertz CT molecular complexity index is 396. The van der Waals surface area contributed by atoms with Crippen LogP contribution in [0.25, 0.3) is 0 Å². The van der Waals surface area contributed by atoms with Gasteiger partial charge in [0.2, 0.25) is 0 Å². The van der Waals surface area contributed by atoms with E-state index < -0.39 is 5.97 Å². The standard InChI is InChI=1S/C11H17N3O3/c1-4-5-8(16-2)10-13-6-7(9(12)14-10)11(15)17-3/h6,8H,4-5H2,1-3H3,(H2,12,13,14). The fraction of sp³-hybridized carbons (Fsp3) is 0.545. The van der Waals surface area contributed by atoms with Crippen molar-refractivity contribution in [1.82, 2.24) is 9.97 Å². The molecule has 0 aromatic carbocycles. The van der Waals surface area contributed by atoms with Crippen molar-refractivity contribution in [3.05, 3.63) is 17.6 Å². The van der Waals surface area contributed by atoms with Gasteiger partial charge in [-0.05, 0) is 6.42 Å². The van der Waals surface area contributed by atoms with Gasteiger partial charge >= 0.3 is 5.97 Å². The molecular weight excluding hydrogens is 222 g/mol. The number of hydrogen-bond acceptors (Lipinski definition) is 6. The summed E-state index contributed by atoms with van der Waals surface area (Å²) < 4.78 is 9.82. The summed E-state index contributed by atoms with van der Waals surface area (Å²) in [4.78, 5) is 19.5. The Morgan fingerprint density at radius 2 is 2.24 bits per heavy atom. The molecule has 0 aliphatic carbocycles. The van der Waals surface area contributed by atoms with Crippen molar-refractivity contribution in [2.45, 2.75) is 25.9 Å². The van der Waals surface area contributed by atoms with Gasteiger partial charge in [0.1, 0.15) is 17.5 Å².